The fourth-order valence-electron chi connectivity index (χ4n) is 2.95. The van der Waals surface area contributed by atoms with Crippen molar-refractivity contribution in [2.45, 2.75) is 31.6 Å². The van der Waals surface area contributed by atoms with E-state index in [0.717, 1.165) is 12.5 Å². The van der Waals surface area contributed by atoms with Gasteiger partial charge in [-0.1, -0.05) is 0 Å². The lowest BCUT2D eigenvalue weighted by molar-refractivity contribution is 0.329. The Hall–Kier alpha value is -0.870. The Kier molecular flexibility index (Phi) is 2.92. The van der Waals surface area contributed by atoms with Gasteiger partial charge in [-0.05, 0) is 49.6 Å². The summed E-state index contributed by atoms with van der Waals surface area (Å²) in [6.07, 6.45) is 5.05. The summed E-state index contributed by atoms with van der Waals surface area (Å²) in [4.78, 5) is 0. The molecule has 0 unspecified atom stereocenters. The van der Waals surface area contributed by atoms with Crippen LogP contribution >= 0.6 is 11.3 Å². The van der Waals surface area contributed by atoms with Crippen LogP contribution < -0.4 is 5.73 Å². The predicted molar refractivity (Wildman–Crippen MR) is 72.3 cm³/mol. The van der Waals surface area contributed by atoms with E-state index in [-0.39, 0.29) is 0 Å². The number of nitrogens with two attached hydrogens (primary N) is 1. The summed E-state index contributed by atoms with van der Waals surface area (Å²) in [7, 11) is 2.05. The summed E-state index contributed by atoms with van der Waals surface area (Å²) in [6.45, 7) is 0.851. The van der Waals surface area contributed by atoms with Crippen molar-refractivity contribution in [1.82, 2.24) is 9.78 Å². The van der Waals surface area contributed by atoms with Crippen molar-refractivity contribution in [2.24, 2.45) is 18.7 Å². The summed E-state index contributed by atoms with van der Waals surface area (Å²) < 4.78 is 3.42. The molecule has 2 aromatic heterocycles. The number of fused-ring (bicyclic) bond motifs is 1. The van der Waals surface area contributed by atoms with Crippen molar-refractivity contribution in [3.05, 3.63) is 17.1 Å². The van der Waals surface area contributed by atoms with Gasteiger partial charge in [-0.2, -0.15) is 5.10 Å². The van der Waals surface area contributed by atoms with Gasteiger partial charge >= 0.3 is 0 Å². The molecule has 2 aromatic rings. The van der Waals surface area contributed by atoms with Crippen LogP contribution in [0.5, 0.6) is 0 Å². The molecule has 0 atom stereocenters. The molecule has 2 heterocycles. The van der Waals surface area contributed by atoms with Crippen LogP contribution in [-0.2, 0) is 7.05 Å². The average Bonchev–Trinajstić information content (AvgIpc) is 2.94. The van der Waals surface area contributed by atoms with E-state index >= 15 is 0 Å². The van der Waals surface area contributed by atoms with Crippen molar-refractivity contribution < 1.29 is 0 Å². The first-order valence-corrected chi connectivity index (χ1v) is 7.27. The van der Waals surface area contributed by atoms with Gasteiger partial charge in [-0.3, -0.25) is 4.68 Å². The van der Waals surface area contributed by atoms with E-state index in [1.165, 1.54) is 41.6 Å². The van der Waals surface area contributed by atoms with Gasteiger partial charge in [-0.25, -0.2) is 0 Å². The lowest BCUT2D eigenvalue weighted by Gasteiger charge is -2.26. The molecule has 1 aliphatic carbocycles. The molecule has 1 aliphatic rings. The third kappa shape index (κ3) is 1.89. The molecule has 3 nitrogen and oxygen atoms in total. The van der Waals surface area contributed by atoms with Crippen LogP contribution in [0.15, 0.2) is 11.4 Å². The summed E-state index contributed by atoms with van der Waals surface area (Å²) in [5, 5.41) is 6.89. The predicted octanol–water partition coefficient (Wildman–Crippen LogP) is 2.87. The van der Waals surface area contributed by atoms with Gasteiger partial charge in [-0.15, -0.1) is 11.3 Å². The van der Waals surface area contributed by atoms with Crippen molar-refractivity contribution in [3.63, 3.8) is 0 Å². The second-order valence-corrected chi connectivity index (χ2v) is 6.01. The van der Waals surface area contributed by atoms with Crippen LogP contribution in [0.2, 0.25) is 0 Å². The molecule has 1 saturated carbocycles. The van der Waals surface area contributed by atoms with E-state index in [9.17, 15) is 0 Å². The zero-order valence-electron chi connectivity index (χ0n) is 10.2. The lowest BCUT2D eigenvalue weighted by Crippen LogP contribution is -2.20. The largest absolute Gasteiger partial charge is 0.330 e. The molecule has 0 aromatic carbocycles. The van der Waals surface area contributed by atoms with E-state index in [4.69, 9.17) is 10.8 Å². The third-order valence-electron chi connectivity index (χ3n) is 4.05. The maximum atomic E-state index is 5.75. The number of thiophene rings is 1. The van der Waals surface area contributed by atoms with Crippen LogP contribution in [0.1, 0.15) is 37.3 Å². The summed E-state index contributed by atoms with van der Waals surface area (Å²) in [5.41, 5.74) is 8.36. The van der Waals surface area contributed by atoms with Gasteiger partial charge in [0, 0.05) is 13.0 Å². The van der Waals surface area contributed by atoms with Gasteiger partial charge in [0.25, 0.3) is 0 Å². The standard InChI is InChI=1S/C13H19N3S/c1-16-11-6-7-17-13(11)12(15-16)10-4-2-9(8-14)3-5-10/h6-7,9-10H,2-5,8,14H2,1H3. The molecule has 0 amide bonds. The van der Waals surface area contributed by atoms with Gasteiger partial charge < -0.3 is 5.73 Å². The van der Waals surface area contributed by atoms with Gasteiger partial charge in [0.2, 0.25) is 0 Å². The van der Waals surface area contributed by atoms with Crippen LogP contribution in [-0.4, -0.2) is 16.3 Å². The highest BCUT2D eigenvalue weighted by Crippen LogP contribution is 2.39. The molecule has 92 valence electrons. The molecule has 4 heteroatoms. The first kappa shape index (κ1) is 11.2. The number of aromatic nitrogens is 2. The molecule has 0 saturated heterocycles. The Balaban J connectivity index is 1.87. The lowest BCUT2D eigenvalue weighted by atomic mass is 9.80. The normalized spacial score (nSPS) is 25.5. The molecule has 0 bridgehead atoms. The van der Waals surface area contributed by atoms with Gasteiger partial charge in [0.15, 0.2) is 0 Å². The minimum atomic E-state index is 0.653. The molecule has 17 heavy (non-hydrogen) atoms. The first-order chi connectivity index (χ1) is 8.29. The highest BCUT2D eigenvalue weighted by Gasteiger charge is 2.25. The number of rotatable bonds is 2. The molecule has 3 rings (SSSR count). The number of hydrogen-bond donors (Lipinski definition) is 1. The Morgan fingerprint density at radius 2 is 2.18 bits per heavy atom. The molecule has 0 spiro atoms. The monoisotopic (exact) mass is 249 g/mol. The van der Waals surface area contributed by atoms with Crippen LogP contribution in [0, 0.1) is 5.92 Å². The maximum Gasteiger partial charge on any atom is 0.0833 e. The minimum Gasteiger partial charge on any atom is -0.330 e. The highest BCUT2D eigenvalue weighted by molar-refractivity contribution is 7.17. The third-order valence-corrected chi connectivity index (χ3v) is 4.98. The van der Waals surface area contributed by atoms with Crippen LogP contribution in [0.4, 0.5) is 0 Å². The van der Waals surface area contributed by atoms with E-state index < -0.39 is 0 Å². The Morgan fingerprint density at radius 3 is 2.88 bits per heavy atom. The van der Waals surface area contributed by atoms with Crippen molar-refractivity contribution in [3.8, 4) is 0 Å². The van der Waals surface area contributed by atoms with Crippen LogP contribution in [0.3, 0.4) is 0 Å². The Morgan fingerprint density at radius 1 is 1.41 bits per heavy atom. The second-order valence-electron chi connectivity index (χ2n) is 5.10. The van der Waals surface area contributed by atoms with Gasteiger partial charge in [0.05, 0.1) is 15.9 Å². The first-order valence-electron chi connectivity index (χ1n) is 6.39. The van der Waals surface area contributed by atoms with E-state index in [1.54, 1.807) is 0 Å². The molecule has 0 aliphatic heterocycles. The van der Waals surface area contributed by atoms with Crippen molar-refractivity contribution in [2.75, 3.05) is 6.54 Å². The second kappa shape index (κ2) is 4.42. The summed E-state index contributed by atoms with van der Waals surface area (Å²) in [6, 6.07) is 2.17. The number of aryl methyl sites for hydroxylation is 1. The summed E-state index contributed by atoms with van der Waals surface area (Å²) >= 11 is 1.83. The molecular weight excluding hydrogens is 230 g/mol. The zero-order valence-corrected chi connectivity index (χ0v) is 11.0. The van der Waals surface area contributed by atoms with E-state index in [2.05, 4.69) is 11.4 Å². The molecule has 2 N–H and O–H groups in total. The molecule has 0 radical (unpaired) electrons. The maximum absolute atomic E-state index is 5.75. The van der Waals surface area contributed by atoms with Crippen LogP contribution in [0.25, 0.3) is 10.2 Å². The van der Waals surface area contributed by atoms with Gasteiger partial charge in [0.1, 0.15) is 0 Å². The van der Waals surface area contributed by atoms with Crippen molar-refractivity contribution >= 4 is 21.6 Å². The minimum absolute atomic E-state index is 0.653. The fourth-order valence-corrected chi connectivity index (χ4v) is 3.93. The van der Waals surface area contributed by atoms with E-state index in [1.807, 2.05) is 23.1 Å². The Labute approximate surface area is 106 Å². The number of nitrogens with zero attached hydrogens (tertiary/aromatic N) is 2. The molecular formula is C13H19N3S. The zero-order chi connectivity index (χ0) is 11.8. The number of hydrogen-bond acceptors (Lipinski definition) is 3. The summed E-state index contributed by atoms with van der Waals surface area (Å²) in [5.74, 6) is 1.40. The quantitative estimate of drug-likeness (QED) is 0.889. The fraction of sp³-hybridized carbons (Fsp3) is 0.615. The molecule has 1 fully saturated rings. The average molecular weight is 249 g/mol. The Bertz CT molecular complexity index is 506. The van der Waals surface area contributed by atoms with E-state index in [0.29, 0.717) is 5.92 Å². The van der Waals surface area contributed by atoms with Crippen molar-refractivity contribution in [1.29, 1.82) is 0 Å². The smallest absolute Gasteiger partial charge is 0.0833 e. The SMILES string of the molecule is Cn1nc(C2CCC(CN)CC2)c2sccc21. The highest BCUT2D eigenvalue weighted by atomic mass is 32.1. The topological polar surface area (TPSA) is 43.8 Å².